The van der Waals surface area contributed by atoms with Gasteiger partial charge >= 0.3 is 0 Å². The summed E-state index contributed by atoms with van der Waals surface area (Å²) in [5.41, 5.74) is 7.94. The van der Waals surface area contributed by atoms with E-state index in [1.807, 2.05) is 60.7 Å². The third-order valence-corrected chi connectivity index (χ3v) is 5.35. The molecule has 0 N–H and O–H groups in total. The Kier molecular flexibility index (Phi) is 5.26. The average Bonchev–Trinajstić information content (AvgIpc) is 2.85. The minimum absolute atomic E-state index is 0.131. The van der Waals surface area contributed by atoms with E-state index in [1.54, 1.807) is 0 Å². The van der Waals surface area contributed by atoms with Crippen molar-refractivity contribution in [2.24, 2.45) is 0 Å². The summed E-state index contributed by atoms with van der Waals surface area (Å²) in [4.78, 5) is 4.49. The first-order valence-corrected chi connectivity index (χ1v) is 10.4. The van der Waals surface area contributed by atoms with E-state index in [9.17, 15) is 0 Å². The first-order chi connectivity index (χ1) is 15.3. The minimum Gasteiger partial charge on any atom is -0.214 e. The van der Waals surface area contributed by atoms with Crippen molar-refractivity contribution in [2.75, 3.05) is 0 Å². The monoisotopic (exact) mass is 419 g/mol. The molecule has 148 valence electrons. The number of benzene rings is 4. The first-order valence-electron chi connectivity index (χ1n) is 10.00. The van der Waals surface area contributed by atoms with Gasteiger partial charge in [0.25, 0.3) is 0 Å². The Morgan fingerprint density at radius 3 is 1.26 bits per heavy atom. The van der Waals surface area contributed by atoms with Crippen LogP contribution in [0.3, 0.4) is 0 Å². The van der Waals surface area contributed by atoms with Crippen molar-refractivity contribution in [3.63, 3.8) is 0 Å². The van der Waals surface area contributed by atoms with Gasteiger partial charge in [0, 0.05) is 11.1 Å². The minimum atomic E-state index is 0.131. The summed E-state index contributed by atoms with van der Waals surface area (Å²) >= 11 is 6.10. The van der Waals surface area contributed by atoms with Crippen LogP contribution in [0.15, 0.2) is 109 Å². The molecule has 1 heterocycles. The predicted octanol–water partition coefficient (Wildman–Crippen LogP) is 7.19. The SMILES string of the molecule is Clc1nnc(-c2ccc(-c3ccccc3)cc2)c(-c2ccc(-c3ccccc3)cc2)n1. The van der Waals surface area contributed by atoms with Crippen LogP contribution < -0.4 is 0 Å². The van der Waals surface area contributed by atoms with Crippen LogP contribution in [-0.4, -0.2) is 15.2 Å². The Morgan fingerprint density at radius 1 is 0.387 bits per heavy atom. The van der Waals surface area contributed by atoms with E-state index < -0.39 is 0 Å². The van der Waals surface area contributed by atoms with E-state index in [0.717, 1.165) is 22.3 Å². The molecule has 0 aliphatic carbocycles. The van der Waals surface area contributed by atoms with Gasteiger partial charge in [0.2, 0.25) is 5.28 Å². The lowest BCUT2D eigenvalue weighted by Crippen LogP contribution is -1.97. The van der Waals surface area contributed by atoms with Gasteiger partial charge < -0.3 is 0 Å². The molecule has 31 heavy (non-hydrogen) atoms. The van der Waals surface area contributed by atoms with Crippen molar-refractivity contribution < 1.29 is 0 Å². The summed E-state index contributed by atoms with van der Waals surface area (Å²) in [6.07, 6.45) is 0. The third-order valence-electron chi connectivity index (χ3n) is 5.19. The molecule has 0 radical (unpaired) electrons. The fourth-order valence-corrected chi connectivity index (χ4v) is 3.73. The summed E-state index contributed by atoms with van der Waals surface area (Å²) < 4.78 is 0. The number of nitrogens with zero attached hydrogens (tertiary/aromatic N) is 3. The largest absolute Gasteiger partial charge is 0.243 e. The van der Waals surface area contributed by atoms with Crippen molar-refractivity contribution in [1.29, 1.82) is 0 Å². The lowest BCUT2D eigenvalue weighted by atomic mass is 9.99. The smallest absolute Gasteiger partial charge is 0.214 e. The molecule has 5 rings (SSSR count). The van der Waals surface area contributed by atoms with Crippen LogP contribution >= 0.6 is 11.6 Å². The Morgan fingerprint density at radius 2 is 0.774 bits per heavy atom. The maximum Gasteiger partial charge on any atom is 0.243 e. The molecule has 0 unspecified atom stereocenters. The number of hydrogen-bond acceptors (Lipinski definition) is 3. The van der Waals surface area contributed by atoms with Crippen LogP contribution in [-0.2, 0) is 0 Å². The maximum atomic E-state index is 6.10. The van der Waals surface area contributed by atoms with Crippen molar-refractivity contribution in [3.05, 3.63) is 114 Å². The van der Waals surface area contributed by atoms with Gasteiger partial charge in [0.05, 0.1) is 0 Å². The fraction of sp³-hybridized carbons (Fsp3) is 0. The molecule has 0 amide bonds. The molecule has 0 spiro atoms. The van der Waals surface area contributed by atoms with E-state index in [2.05, 4.69) is 63.7 Å². The van der Waals surface area contributed by atoms with Crippen LogP contribution in [0.25, 0.3) is 44.8 Å². The molecule has 0 atom stereocenters. The lowest BCUT2D eigenvalue weighted by molar-refractivity contribution is 0.982. The zero-order chi connectivity index (χ0) is 21.0. The molecule has 0 fully saturated rings. The zero-order valence-corrected chi connectivity index (χ0v) is 17.4. The second-order valence-electron chi connectivity index (χ2n) is 7.16. The number of aromatic nitrogens is 3. The predicted molar refractivity (Wildman–Crippen MR) is 127 cm³/mol. The molecule has 4 aromatic carbocycles. The van der Waals surface area contributed by atoms with Gasteiger partial charge in [0.15, 0.2) is 0 Å². The van der Waals surface area contributed by atoms with E-state index in [0.29, 0.717) is 11.4 Å². The van der Waals surface area contributed by atoms with Gasteiger partial charge in [-0.2, -0.15) is 0 Å². The quantitative estimate of drug-likeness (QED) is 0.309. The molecule has 0 aliphatic heterocycles. The van der Waals surface area contributed by atoms with Gasteiger partial charge in [-0.25, -0.2) is 4.98 Å². The van der Waals surface area contributed by atoms with Gasteiger partial charge in [-0.15, -0.1) is 10.2 Å². The van der Waals surface area contributed by atoms with E-state index >= 15 is 0 Å². The third kappa shape index (κ3) is 4.09. The molecular formula is C27H18ClN3. The second kappa shape index (κ2) is 8.50. The standard InChI is InChI=1S/C27H18ClN3/c28-27-29-25(23-15-11-21(12-16-23)19-7-3-1-4-8-19)26(30-31-27)24-17-13-22(14-18-24)20-9-5-2-6-10-20/h1-18H. The Hall–Kier alpha value is -3.82. The Balaban J connectivity index is 1.52. The Bertz CT molecular complexity index is 1300. The first kappa shape index (κ1) is 19.2. The van der Waals surface area contributed by atoms with Gasteiger partial charge in [0.1, 0.15) is 11.4 Å². The fourth-order valence-electron chi connectivity index (χ4n) is 3.60. The Labute approximate surface area is 186 Å². The van der Waals surface area contributed by atoms with Crippen molar-refractivity contribution >= 4 is 11.6 Å². The normalized spacial score (nSPS) is 10.7. The van der Waals surface area contributed by atoms with Crippen molar-refractivity contribution in [3.8, 4) is 44.8 Å². The maximum absolute atomic E-state index is 6.10. The molecule has 0 aliphatic rings. The highest BCUT2D eigenvalue weighted by atomic mass is 35.5. The molecule has 3 nitrogen and oxygen atoms in total. The highest BCUT2D eigenvalue weighted by Crippen LogP contribution is 2.32. The zero-order valence-electron chi connectivity index (χ0n) is 16.6. The van der Waals surface area contributed by atoms with E-state index in [-0.39, 0.29) is 5.28 Å². The van der Waals surface area contributed by atoms with E-state index in [4.69, 9.17) is 11.6 Å². The van der Waals surface area contributed by atoms with Crippen LogP contribution in [0.2, 0.25) is 5.28 Å². The lowest BCUT2D eigenvalue weighted by Gasteiger charge is -2.10. The number of halogens is 1. The molecule has 0 saturated carbocycles. The van der Waals surface area contributed by atoms with Crippen molar-refractivity contribution in [2.45, 2.75) is 0 Å². The van der Waals surface area contributed by atoms with Gasteiger partial charge in [-0.3, -0.25) is 0 Å². The molecule has 4 heteroatoms. The summed E-state index contributed by atoms with van der Waals surface area (Å²) in [5.74, 6) is 0. The summed E-state index contributed by atoms with van der Waals surface area (Å²) in [6.45, 7) is 0. The average molecular weight is 420 g/mol. The highest BCUT2D eigenvalue weighted by Gasteiger charge is 2.13. The molecule has 0 bridgehead atoms. The molecular weight excluding hydrogens is 402 g/mol. The second-order valence-corrected chi connectivity index (χ2v) is 7.50. The highest BCUT2D eigenvalue weighted by molar-refractivity contribution is 6.28. The number of rotatable bonds is 4. The number of hydrogen-bond donors (Lipinski definition) is 0. The van der Waals surface area contributed by atoms with Gasteiger partial charge in [-0.05, 0) is 33.9 Å². The summed E-state index contributed by atoms with van der Waals surface area (Å²) in [6, 6.07) is 37.1. The van der Waals surface area contributed by atoms with Crippen LogP contribution in [0, 0.1) is 0 Å². The van der Waals surface area contributed by atoms with Gasteiger partial charge in [-0.1, -0.05) is 109 Å². The topological polar surface area (TPSA) is 38.7 Å². The van der Waals surface area contributed by atoms with E-state index in [1.165, 1.54) is 11.1 Å². The molecule has 0 saturated heterocycles. The van der Waals surface area contributed by atoms with Crippen molar-refractivity contribution in [1.82, 2.24) is 15.2 Å². The molecule has 5 aromatic rings. The summed E-state index contributed by atoms with van der Waals surface area (Å²) in [7, 11) is 0. The van der Waals surface area contributed by atoms with Crippen LogP contribution in [0.4, 0.5) is 0 Å². The molecule has 1 aromatic heterocycles. The van der Waals surface area contributed by atoms with Crippen LogP contribution in [0.5, 0.6) is 0 Å². The summed E-state index contributed by atoms with van der Waals surface area (Å²) in [5, 5.41) is 8.49. The van der Waals surface area contributed by atoms with Crippen LogP contribution in [0.1, 0.15) is 0 Å².